The van der Waals surface area contributed by atoms with Crippen molar-refractivity contribution in [3.05, 3.63) is 40.9 Å². The standard InChI is InChI=1S/C17H22N4O4/c1-13(22)11-19-7-9-20(10-8-19)15(23)12-21-17(24)25-16(18-21)14-5-3-2-4-6-14/h2-6,13,22H,7-12H2,1H3/t13-/m0/s1. The molecule has 25 heavy (non-hydrogen) atoms. The van der Waals surface area contributed by atoms with Gasteiger partial charge in [0.2, 0.25) is 11.8 Å². The van der Waals surface area contributed by atoms with Crippen LogP contribution in [0.3, 0.4) is 0 Å². The Morgan fingerprint density at radius 3 is 2.56 bits per heavy atom. The fourth-order valence-electron chi connectivity index (χ4n) is 2.89. The van der Waals surface area contributed by atoms with E-state index in [1.54, 1.807) is 24.0 Å². The number of nitrogens with zero attached hydrogens (tertiary/aromatic N) is 4. The number of hydrogen-bond acceptors (Lipinski definition) is 6. The lowest BCUT2D eigenvalue weighted by Crippen LogP contribution is -2.51. The van der Waals surface area contributed by atoms with E-state index in [0.29, 0.717) is 38.3 Å². The molecule has 1 fully saturated rings. The molecule has 0 spiro atoms. The minimum Gasteiger partial charge on any atom is -0.392 e. The third kappa shape index (κ3) is 4.34. The number of amides is 1. The largest absolute Gasteiger partial charge is 0.437 e. The molecule has 8 nitrogen and oxygen atoms in total. The Hall–Kier alpha value is -2.45. The molecule has 1 aromatic heterocycles. The Balaban J connectivity index is 1.61. The van der Waals surface area contributed by atoms with E-state index >= 15 is 0 Å². The zero-order valence-electron chi connectivity index (χ0n) is 14.2. The Labute approximate surface area is 145 Å². The van der Waals surface area contributed by atoms with E-state index in [9.17, 15) is 14.7 Å². The van der Waals surface area contributed by atoms with Gasteiger partial charge in [0.15, 0.2) is 0 Å². The van der Waals surface area contributed by atoms with Crippen molar-refractivity contribution in [1.82, 2.24) is 19.6 Å². The highest BCUT2D eigenvalue weighted by molar-refractivity contribution is 5.76. The third-order valence-electron chi connectivity index (χ3n) is 4.16. The second-order valence-electron chi connectivity index (χ2n) is 6.23. The first-order chi connectivity index (χ1) is 12.0. The highest BCUT2D eigenvalue weighted by Gasteiger charge is 2.23. The summed E-state index contributed by atoms with van der Waals surface area (Å²) in [6, 6.07) is 9.09. The molecule has 1 N–H and O–H groups in total. The number of rotatable bonds is 5. The van der Waals surface area contributed by atoms with E-state index in [4.69, 9.17) is 4.42 Å². The molecule has 0 aliphatic carbocycles. The van der Waals surface area contributed by atoms with Gasteiger partial charge < -0.3 is 14.4 Å². The molecule has 1 atom stereocenters. The SMILES string of the molecule is C[C@H](O)CN1CCN(C(=O)Cn2nc(-c3ccccc3)oc2=O)CC1. The predicted molar refractivity (Wildman–Crippen MR) is 90.9 cm³/mol. The number of hydrogen-bond donors (Lipinski definition) is 1. The van der Waals surface area contributed by atoms with Gasteiger partial charge in [-0.05, 0) is 19.1 Å². The summed E-state index contributed by atoms with van der Waals surface area (Å²) in [5.41, 5.74) is 0.692. The van der Waals surface area contributed by atoms with Crippen LogP contribution in [-0.2, 0) is 11.3 Å². The topological polar surface area (TPSA) is 91.8 Å². The average molecular weight is 346 g/mol. The van der Waals surface area contributed by atoms with E-state index in [1.807, 2.05) is 18.2 Å². The first kappa shape index (κ1) is 17.4. The van der Waals surface area contributed by atoms with Crippen molar-refractivity contribution in [2.24, 2.45) is 0 Å². The molecule has 8 heteroatoms. The molecular weight excluding hydrogens is 324 g/mol. The van der Waals surface area contributed by atoms with Crippen LogP contribution in [0.2, 0.25) is 0 Å². The summed E-state index contributed by atoms with van der Waals surface area (Å²) in [6.45, 7) is 4.78. The van der Waals surface area contributed by atoms with Crippen molar-refractivity contribution in [3.8, 4) is 11.5 Å². The van der Waals surface area contributed by atoms with Gasteiger partial charge in [0.1, 0.15) is 6.54 Å². The van der Waals surface area contributed by atoms with Crippen LogP contribution in [-0.4, -0.2) is 69.4 Å². The van der Waals surface area contributed by atoms with Gasteiger partial charge in [-0.1, -0.05) is 18.2 Å². The maximum absolute atomic E-state index is 12.4. The Morgan fingerprint density at radius 2 is 1.92 bits per heavy atom. The number of carbonyl (C=O) groups excluding carboxylic acids is 1. The van der Waals surface area contributed by atoms with Crippen molar-refractivity contribution in [1.29, 1.82) is 0 Å². The predicted octanol–water partition coefficient (Wildman–Crippen LogP) is 0.0283. The van der Waals surface area contributed by atoms with Gasteiger partial charge in [0.05, 0.1) is 6.10 Å². The molecule has 1 saturated heterocycles. The van der Waals surface area contributed by atoms with Crippen LogP contribution in [0.15, 0.2) is 39.5 Å². The summed E-state index contributed by atoms with van der Waals surface area (Å²) in [4.78, 5) is 28.2. The molecule has 1 aliphatic rings. The molecule has 0 bridgehead atoms. The minimum absolute atomic E-state index is 0.133. The molecular formula is C17H22N4O4. The first-order valence-electron chi connectivity index (χ1n) is 8.34. The van der Waals surface area contributed by atoms with Gasteiger partial charge in [-0.3, -0.25) is 9.69 Å². The number of aromatic nitrogens is 2. The quantitative estimate of drug-likeness (QED) is 0.821. The summed E-state index contributed by atoms with van der Waals surface area (Å²) in [5.74, 6) is -0.591. The van der Waals surface area contributed by atoms with Crippen molar-refractivity contribution in [2.75, 3.05) is 32.7 Å². The van der Waals surface area contributed by atoms with Gasteiger partial charge in [0.25, 0.3) is 0 Å². The second-order valence-corrected chi connectivity index (χ2v) is 6.23. The van der Waals surface area contributed by atoms with Crippen LogP contribution in [0.4, 0.5) is 0 Å². The molecule has 1 aliphatic heterocycles. The molecule has 134 valence electrons. The van der Waals surface area contributed by atoms with E-state index < -0.39 is 5.76 Å². The number of carbonyl (C=O) groups is 1. The van der Waals surface area contributed by atoms with Gasteiger partial charge >= 0.3 is 5.76 Å². The highest BCUT2D eigenvalue weighted by Crippen LogP contribution is 2.14. The lowest BCUT2D eigenvalue weighted by atomic mass is 10.2. The summed E-state index contributed by atoms with van der Waals surface area (Å²) >= 11 is 0. The molecule has 3 rings (SSSR count). The lowest BCUT2D eigenvalue weighted by Gasteiger charge is -2.35. The normalized spacial score (nSPS) is 16.8. The fourth-order valence-corrected chi connectivity index (χ4v) is 2.89. The highest BCUT2D eigenvalue weighted by atomic mass is 16.4. The van der Waals surface area contributed by atoms with Crippen molar-refractivity contribution in [3.63, 3.8) is 0 Å². The summed E-state index contributed by atoms with van der Waals surface area (Å²) in [7, 11) is 0. The van der Waals surface area contributed by atoms with Crippen LogP contribution >= 0.6 is 0 Å². The smallest absolute Gasteiger partial charge is 0.392 e. The molecule has 0 radical (unpaired) electrons. The zero-order chi connectivity index (χ0) is 17.8. The number of benzene rings is 1. The van der Waals surface area contributed by atoms with Crippen molar-refractivity contribution in [2.45, 2.75) is 19.6 Å². The molecule has 2 aromatic rings. The van der Waals surface area contributed by atoms with Crippen LogP contribution < -0.4 is 5.76 Å². The van der Waals surface area contributed by atoms with Gasteiger partial charge in [-0.25, -0.2) is 4.79 Å². The van der Waals surface area contributed by atoms with Crippen LogP contribution in [0.25, 0.3) is 11.5 Å². The van der Waals surface area contributed by atoms with Crippen LogP contribution in [0, 0.1) is 0 Å². The van der Waals surface area contributed by atoms with Crippen LogP contribution in [0.1, 0.15) is 6.92 Å². The lowest BCUT2D eigenvalue weighted by molar-refractivity contribution is -0.134. The molecule has 1 amide bonds. The van der Waals surface area contributed by atoms with Gasteiger partial charge in [-0.15, -0.1) is 5.10 Å². The van der Waals surface area contributed by atoms with Crippen molar-refractivity contribution >= 4 is 5.91 Å². The van der Waals surface area contributed by atoms with E-state index in [1.165, 1.54) is 0 Å². The second kappa shape index (κ2) is 7.62. The zero-order valence-corrected chi connectivity index (χ0v) is 14.2. The average Bonchev–Trinajstić information content (AvgIpc) is 2.96. The van der Waals surface area contributed by atoms with Crippen molar-refractivity contribution < 1.29 is 14.3 Å². The van der Waals surface area contributed by atoms with Gasteiger partial charge in [0, 0.05) is 38.3 Å². The monoisotopic (exact) mass is 346 g/mol. The number of piperazine rings is 1. The maximum Gasteiger partial charge on any atom is 0.437 e. The minimum atomic E-state index is -0.639. The first-order valence-corrected chi connectivity index (χ1v) is 8.34. The number of aliphatic hydroxyl groups excluding tert-OH is 1. The summed E-state index contributed by atoms with van der Waals surface area (Å²) in [6.07, 6.45) is -0.382. The molecule has 0 unspecified atom stereocenters. The van der Waals surface area contributed by atoms with Crippen LogP contribution in [0.5, 0.6) is 0 Å². The maximum atomic E-state index is 12.4. The Morgan fingerprint density at radius 1 is 1.24 bits per heavy atom. The molecule has 2 heterocycles. The third-order valence-corrected chi connectivity index (χ3v) is 4.16. The Kier molecular flexibility index (Phi) is 5.30. The summed E-state index contributed by atoms with van der Waals surface area (Å²) in [5, 5.41) is 13.5. The summed E-state index contributed by atoms with van der Waals surface area (Å²) < 4.78 is 6.20. The van der Waals surface area contributed by atoms with E-state index in [-0.39, 0.29) is 24.4 Å². The Bertz CT molecular complexity index is 760. The van der Waals surface area contributed by atoms with E-state index in [2.05, 4.69) is 10.00 Å². The number of β-amino-alcohol motifs (C(OH)–C–C–N with tert-alkyl or cyclic N) is 1. The van der Waals surface area contributed by atoms with Gasteiger partial charge in [-0.2, -0.15) is 4.68 Å². The fraction of sp³-hybridized carbons (Fsp3) is 0.471. The molecule has 1 aromatic carbocycles. The molecule has 0 saturated carbocycles. The number of aliphatic hydroxyl groups is 1. The van der Waals surface area contributed by atoms with E-state index in [0.717, 1.165) is 4.68 Å².